The summed E-state index contributed by atoms with van der Waals surface area (Å²) in [4.78, 5) is 27.6. The summed E-state index contributed by atoms with van der Waals surface area (Å²) in [5.74, 6) is 5.79. The van der Waals surface area contributed by atoms with Crippen molar-refractivity contribution < 1.29 is 14.3 Å². The maximum Gasteiger partial charge on any atom is 0.334 e. The van der Waals surface area contributed by atoms with E-state index in [9.17, 15) is 9.59 Å². The van der Waals surface area contributed by atoms with E-state index in [0.29, 0.717) is 10.7 Å². The number of urea groups is 1. The zero-order chi connectivity index (χ0) is 21.7. The summed E-state index contributed by atoms with van der Waals surface area (Å²) in [7, 11) is 0. The molecule has 0 bridgehead atoms. The molecule has 8 nitrogen and oxygen atoms in total. The van der Waals surface area contributed by atoms with E-state index in [1.54, 1.807) is 6.07 Å². The molecule has 1 aromatic heterocycles. The Morgan fingerprint density at radius 2 is 1.97 bits per heavy atom. The minimum Gasteiger partial charge on any atom is -0.489 e. The van der Waals surface area contributed by atoms with Gasteiger partial charge in [-0.25, -0.2) is 9.78 Å². The highest BCUT2D eigenvalue weighted by molar-refractivity contribution is 7.12. The molecule has 3 rings (SSSR count). The van der Waals surface area contributed by atoms with Crippen LogP contribution in [0.3, 0.4) is 0 Å². The number of aromatic nitrogens is 1. The first-order valence-corrected chi connectivity index (χ1v) is 10.1. The maximum atomic E-state index is 11.8. The van der Waals surface area contributed by atoms with Crippen LogP contribution in [0.15, 0.2) is 41.8 Å². The standard InChI is InChI=1S/C21H23N5O3S/c1-12-5-4-6-17(24-21(28)25-26-22)16(12)10-29-19-8-7-15(9-13(19)2)18-11-30-20(23-18)14(3)27/h4-9,11,26H,10,22H2,1-3H3,(H2,24,25,28). The third-order valence-corrected chi connectivity index (χ3v) is 5.44. The van der Waals surface area contributed by atoms with Gasteiger partial charge in [0.1, 0.15) is 12.4 Å². The molecule has 2 amide bonds. The van der Waals surface area contributed by atoms with Crippen LogP contribution in [0.5, 0.6) is 5.75 Å². The zero-order valence-electron chi connectivity index (χ0n) is 16.9. The molecular formula is C21H23N5O3S. The number of Topliss-reactive ketones (excluding diaryl/α,β-unsaturated/α-hetero) is 1. The Labute approximate surface area is 178 Å². The number of amides is 2. The summed E-state index contributed by atoms with van der Waals surface area (Å²) in [6.45, 7) is 5.70. The van der Waals surface area contributed by atoms with Crippen LogP contribution in [0, 0.1) is 13.8 Å². The van der Waals surface area contributed by atoms with Gasteiger partial charge in [0, 0.05) is 29.1 Å². The Hall–Kier alpha value is -3.27. The van der Waals surface area contributed by atoms with Crippen LogP contribution >= 0.6 is 11.3 Å². The van der Waals surface area contributed by atoms with Crippen LogP contribution in [0.25, 0.3) is 11.3 Å². The van der Waals surface area contributed by atoms with Gasteiger partial charge in [-0.05, 0) is 49.2 Å². The van der Waals surface area contributed by atoms with Crippen molar-refractivity contribution in [2.75, 3.05) is 5.32 Å². The molecule has 9 heteroatoms. The summed E-state index contributed by atoms with van der Waals surface area (Å²) in [5.41, 5.74) is 9.48. The lowest BCUT2D eigenvalue weighted by atomic mass is 10.1. The number of carbonyl (C=O) groups is 2. The Morgan fingerprint density at radius 3 is 2.63 bits per heavy atom. The monoisotopic (exact) mass is 425 g/mol. The van der Waals surface area contributed by atoms with Gasteiger partial charge in [0.2, 0.25) is 0 Å². The normalized spacial score (nSPS) is 10.5. The van der Waals surface area contributed by atoms with E-state index in [4.69, 9.17) is 10.6 Å². The van der Waals surface area contributed by atoms with Crippen LogP contribution in [0.2, 0.25) is 0 Å². The van der Waals surface area contributed by atoms with Crippen LogP contribution in [0.1, 0.15) is 33.4 Å². The van der Waals surface area contributed by atoms with E-state index in [0.717, 1.165) is 33.7 Å². The van der Waals surface area contributed by atoms with Gasteiger partial charge in [0.25, 0.3) is 0 Å². The van der Waals surface area contributed by atoms with Gasteiger partial charge in [0.15, 0.2) is 10.8 Å². The highest BCUT2D eigenvalue weighted by Crippen LogP contribution is 2.29. The quantitative estimate of drug-likeness (QED) is 0.260. The first kappa shape index (κ1) is 21.4. The second-order valence-electron chi connectivity index (χ2n) is 6.69. The van der Waals surface area contributed by atoms with E-state index in [-0.39, 0.29) is 12.4 Å². The summed E-state index contributed by atoms with van der Waals surface area (Å²) < 4.78 is 6.04. The first-order valence-electron chi connectivity index (χ1n) is 9.20. The Bertz CT molecular complexity index is 1080. The lowest BCUT2D eigenvalue weighted by molar-refractivity contribution is 0.101. The molecule has 0 aliphatic carbocycles. The van der Waals surface area contributed by atoms with Crippen LogP contribution in [0.4, 0.5) is 10.5 Å². The third kappa shape index (κ3) is 5.01. The number of hydrogen-bond donors (Lipinski definition) is 4. The highest BCUT2D eigenvalue weighted by atomic mass is 32.1. The fraction of sp³-hybridized carbons (Fsp3) is 0.190. The third-order valence-electron chi connectivity index (χ3n) is 4.49. The van der Waals surface area contributed by atoms with Gasteiger partial charge in [-0.1, -0.05) is 12.1 Å². The summed E-state index contributed by atoms with van der Waals surface area (Å²) in [6.07, 6.45) is 0. The number of ether oxygens (including phenoxy) is 1. The number of aryl methyl sites for hydroxylation is 2. The topological polar surface area (TPSA) is 118 Å². The van der Waals surface area contributed by atoms with Crippen molar-refractivity contribution in [1.29, 1.82) is 0 Å². The summed E-state index contributed by atoms with van der Waals surface area (Å²) >= 11 is 1.34. The Balaban J connectivity index is 1.76. The number of ketones is 1. The fourth-order valence-electron chi connectivity index (χ4n) is 2.92. The molecule has 5 N–H and O–H groups in total. The van der Waals surface area contributed by atoms with Gasteiger partial charge < -0.3 is 10.1 Å². The van der Waals surface area contributed by atoms with Crippen molar-refractivity contribution >= 4 is 28.8 Å². The van der Waals surface area contributed by atoms with Crippen molar-refractivity contribution in [2.45, 2.75) is 27.4 Å². The van der Waals surface area contributed by atoms with Crippen LogP contribution < -0.4 is 26.9 Å². The Kier molecular flexibility index (Phi) is 6.78. The number of benzene rings is 2. The molecule has 0 atom stereocenters. The van der Waals surface area contributed by atoms with Crippen molar-refractivity contribution in [3.05, 3.63) is 63.5 Å². The lowest BCUT2D eigenvalue weighted by Crippen LogP contribution is -2.44. The zero-order valence-corrected chi connectivity index (χ0v) is 17.7. The second-order valence-corrected chi connectivity index (χ2v) is 7.55. The number of thiazole rings is 1. The van der Waals surface area contributed by atoms with Gasteiger partial charge >= 0.3 is 6.03 Å². The molecule has 0 saturated carbocycles. The fourth-order valence-corrected chi connectivity index (χ4v) is 3.65. The van der Waals surface area contributed by atoms with Gasteiger partial charge in [0.05, 0.1) is 5.69 Å². The molecule has 2 aromatic carbocycles. The van der Waals surface area contributed by atoms with Gasteiger partial charge in [-0.15, -0.1) is 11.3 Å². The van der Waals surface area contributed by atoms with Crippen molar-refractivity contribution in [1.82, 2.24) is 15.9 Å². The average Bonchev–Trinajstić information content (AvgIpc) is 3.19. The number of nitrogens with zero attached hydrogens (tertiary/aromatic N) is 1. The SMILES string of the molecule is CC(=O)c1nc(-c2ccc(OCc3c(C)cccc3NC(=O)NNN)c(C)c2)cs1. The number of anilines is 1. The second kappa shape index (κ2) is 9.49. The van der Waals surface area contributed by atoms with Crippen molar-refractivity contribution in [2.24, 2.45) is 5.84 Å². The molecule has 1 heterocycles. The van der Waals surface area contributed by atoms with Crippen LogP contribution in [-0.2, 0) is 6.61 Å². The van der Waals surface area contributed by atoms with E-state index in [1.165, 1.54) is 18.3 Å². The molecular weight excluding hydrogens is 402 g/mol. The number of nitrogens with one attached hydrogen (secondary N) is 3. The minimum atomic E-state index is -0.474. The smallest absolute Gasteiger partial charge is 0.334 e. The molecule has 0 aliphatic heterocycles. The molecule has 3 aromatic rings. The first-order chi connectivity index (χ1) is 14.4. The number of hydrazine groups is 2. The van der Waals surface area contributed by atoms with E-state index in [2.05, 4.69) is 21.3 Å². The molecule has 0 unspecified atom stereocenters. The molecule has 0 aliphatic rings. The predicted molar refractivity (Wildman–Crippen MR) is 117 cm³/mol. The van der Waals surface area contributed by atoms with Gasteiger partial charge in [-0.3, -0.25) is 16.1 Å². The number of carbonyl (C=O) groups excluding carboxylic acids is 2. The van der Waals surface area contributed by atoms with Crippen LogP contribution in [-0.4, -0.2) is 16.8 Å². The molecule has 30 heavy (non-hydrogen) atoms. The molecule has 0 fully saturated rings. The molecule has 0 spiro atoms. The predicted octanol–water partition coefficient (Wildman–Crippen LogP) is 3.71. The molecule has 156 valence electrons. The highest BCUT2D eigenvalue weighted by Gasteiger charge is 2.12. The average molecular weight is 426 g/mol. The maximum absolute atomic E-state index is 11.8. The lowest BCUT2D eigenvalue weighted by Gasteiger charge is -2.16. The Morgan fingerprint density at radius 1 is 1.17 bits per heavy atom. The van der Waals surface area contributed by atoms with E-state index < -0.39 is 6.03 Å². The summed E-state index contributed by atoms with van der Waals surface area (Å²) in [6, 6.07) is 10.9. The minimum absolute atomic E-state index is 0.0403. The van der Waals surface area contributed by atoms with Crippen molar-refractivity contribution in [3.63, 3.8) is 0 Å². The van der Waals surface area contributed by atoms with Crippen molar-refractivity contribution in [3.8, 4) is 17.0 Å². The molecule has 0 saturated heterocycles. The van der Waals surface area contributed by atoms with Gasteiger partial charge in [-0.2, -0.15) is 5.53 Å². The summed E-state index contributed by atoms with van der Waals surface area (Å²) in [5, 5.41) is 5.11. The molecule has 0 radical (unpaired) electrons. The number of rotatable bonds is 7. The number of nitrogens with two attached hydrogens (primary N) is 1. The largest absolute Gasteiger partial charge is 0.489 e. The number of hydrogen-bond acceptors (Lipinski definition) is 7. The van der Waals surface area contributed by atoms with E-state index >= 15 is 0 Å². The van der Waals surface area contributed by atoms with E-state index in [1.807, 2.05) is 49.6 Å².